The van der Waals surface area contributed by atoms with Crippen LogP contribution in [0.3, 0.4) is 0 Å². The van der Waals surface area contributed by atoms with Crippen molar-refractivity contribution in [2.24, 2.45) is 5.41 Å². The molecule has 0 unspecified atom stereocenters. The molecule has 0 radical (unpaired) electrons. The summed E-state index contributed by atoms with van der Waals surface area (Å²) in [4.78, 5) is 25.2. The van der Waals surface area contributed by atoms with Gasteiger partial charge < -0.3 is 22.8 Å². The van der Waals surface area contributed by atoms with Gasteiger partial charge in [-0.1, -0.05) is 62.3 Å². The van der Waals surface area contributed by atoms with Crippen molar-refractivity contribution < 1.29 is 32.3 Å². The number of rotatable bonds is 10. The monoisotopic (exact) mass is 616 g/mol. The zero-order valence-corrected chi connectivity index (χ0v) is 31.9. The summed E-state index contributed by atoms with van der Waals surface area (Å²) in [5.41, 5.74) is 0.0376. The minimum absolute atomic E-state index is 0.0153. The molecule has 0 saturated carbocycles. The molecule has 0 amide bonds. The van der Waals surface area contributed by atoms with Gasteiger partial charge in [0.15, 0.2) is 37.2 Å². The van der Waals surface area contributed by atoms with Gasteiger partial charge in [0.2, 0.25) is 0 Å². The first-order valence-corrected chi connectivity index (χ1v) is 23.8. The first kappa shape index (κ1) is 37.2. The van der Waals surface area contributed by atoms with Crippen molar-refractivity contribution >= 4 is 36.9 Å². The molecule has 1 aliphatic rings. The number of carbonyl (C=O) groups is 2. The Kier molecular flexibility index (Phi) is 11.2. The molecule has 0 heterocycles. The van der Waals surface area contributed by atoms with E-state index >= 15 is 0 Å². The van der Waals surface area contributed by atoms with Gasteiger partial charge in [0.25, 0.3) is 0 Å². The average Bonchev–Trinajstić information content (AvgIpc) is 2.90. The minimum Gasteiger partial charge on any atom is -0.455 e. The van der Waals surface area contributed by atoms with Crippen molar-refractivity contribution in [1.29, 1.82) is 0 Å². The van der Waals surface area contributed by atoms with E-state index < -0.39 is 60.1 Å². The minimum atomic E-state index is -2.28. The lowest BCUT2D eigenvalue weighted by molar-refractivity contribution is -0.185. The van der Waals surface area contributed by atoms with Gasteiger partial charge in [-0.15, -0.1) is 0 Å². The van der Waals surface area contributed by atoms with Crippen LogP contribution in [-0.4, -0.2) is 67.9 Å². The average molecular weight is 617 g/mol. The summed E-state index contributed by atoms with van der Waals surface area (Å²) in [6.45, 7) is 38.0. The van der Waals surface area contributed by atoms with Gasteiger partial charge in [-0.3, -0.25) is 9.59 Å². The number of hydrogen-bond donors (Lipinski definition) is 0. The summed E-state index contributed by atoms with van der Waals surface area (Å²) in [6.07, 6.45) is -1.73. The van der Waals surface area contributed by atoms with Crippen molar-refractivity contribution in [3.63, 3.8) is 0 Å². The van der Waals surface area contributed by atoms with E-state index in [1.54, 1.807) is 0 Å². The standard InChI is InChI=1S/C30H60O7Si3/c1-21(31)35-25-23(19-33-39(15,16)28(6,7)8)24(20-34-40(17,18)29(9,10)11)30(27(3,4)5,37-38(12,13)14)26(25)36-22(2)32/h25-26H,19-20H2,1-18H3/t25-,26-,30-/m0/s1. The Balaban J connectivity index is 4.13. The lowest BCUT2D eigenvalue weighted by Gasteiger charge is -2.51. The summed E-state index contributed by atoms with van der Waals surface area (Å²) in [6, 6.07) is 0. The second-order valence-electron chi connectivity index (χ2n) is 16.4. The third kappa shape index (κ3) is 8.40. The Bertz CT molecular complexity index is 960. The van der Waals surface area contributed by atoms with Crippen molar-refractivity contribution in [3.8, 4) is 0 Å². The zero-order chi connectivity index (χ0) is 31.9. The van der Waals surface area contributed by atoms with Crippen LogP contribution in [0.4, 0.5) is 0 Å². The summed E-state index contributed by atoms with van der Waals surface area (Å²) >= 11 is 0. The molecule has 1 rings (SSSR count). The fourth-order valence-electron chi connectivity index (χ4n) is 4.56. The molecule has 0 saturated heterocycles. The normalized spacial score (nSPS) is 23.4. The molecule has 40 heavy (non-hydrogen) atoms. The summed E-state index contributed by atoms with van der Waals surface area (Å²) in [5, 5.41) is -0.0370. The van der Waals surface area contributed by atoms with Crippen LogP contribution in [0.1, 0.15) is 76.2 Å². The second kappa shape index (κ2) is 12.1. The van der Waals surface area contributed by atoms with Crippen LogP contribution in [0.2, 0.25) is 55.9 Å². The molecular formula is C30H60O7Si3. The SMILES string of the molecule is CC(=O)O[C@H]1C(CO[Si](C)(C)C(C)(C)C)=C(CO[Si](C)(C)C(C)(C)C)[C@@](O[Si](C)(C)C)(C(C)(C)C)[C@H]1OC(C)=O. The summed E-state index contributed by atoms with van der Waals surface area (Å²) in [7, 11) is -6.69. The van der Waals surface area contributed by atoms with Gasteiger partial charge in [-0.05, 0) is 66.9 Å². The molecule has 0 aromatic rings. The van der Waals surface area contributed by atoms with Crippen LogP contribution in [0.5, 0.6) is 0 Å². The van der Waals surface area contributed by atoms with Gasteiger partial charge in [0, 0.05) is 19.4 Å². The van der Waals surface area contributed by atoms with E-state index in [0.29, 0.717) is 0 Å². The Morgan fingerprint density at radius 2 is 1.10 bits per heavy atom. The maximum Gasteiger partial charge on any atom is 0.303 e. The Labute approximate surface area is 248 Å². The topological polar surface area (TPSA) is 80.3 Å². The fraction of sp³-hybridized carbons (Fsp3) is 0.867. The van der Waals surface area contributed by atoms with Crippen molar-refractivity contribution in [2.75, 3.05) is 13.2 Å². The summed E-state index contributed by atoms with van der Waals surface area (Å²) in [5.74, 6) is -0.902. The zero-order valence-electron chi connectivity index (χ0n) is 28.9. The van der Waals surface area contributed by atoms with Gasteiger partial charge >= 0.3 is 11.9 Å². The van der Waals surface area contributed by atoms with Crippen molar-refractivity contribution in [1.82, 2.24) is 0 Å². The van der Waals surface area contributed by atoms with Crippen LogP contribution >= 0.6 is 0 Å². The smallest absolute Gasteiger partial charge is 0.303 e. The molecular weight excluding hydrogens is 557 g/mol. The largest absolute Gasteiger partial charge is 0.455 e. The highest BCUT2D eigenvalue weighted by atomic mass is 28.4. The number of esters is 2. The maximum atomic E-state index is 12.6. The lowest BCUT2D eigenvalue weighted by atomic mass is 9.70. The molecule has 3 atom stereocenters. The maximum absolute atomic E-state index is 12.6. The number of hydrogen-bond acceptors (Lipinski definition) is 7. The quantitative estimate of drug-likeness (QED) is 0.140. The van der Waals surface area contributed by atoms with Crippen LogP contribution in [-0.2, 0) is 32.3 Å². The third-order valence-corrected chi connectivity index (χ3v) is 18.7. The predicted molar refractivity (Wildman–Crippen MR) is 171 cm³/mol. The van der Waals surface area contributed by atoms with E-state index in [2.05, 4.69) is 108 Å². The molecule has 7 nitrogen and oxygen atoms in total. The van der Waals surface area contributed by atoms with E-state index in [1.165, 1.54) is 13.8 Å². The van der Waals surface area contributed by atoms with Crippen LogP contribution < -0.4 is 0 Å². The van der Waals surface area contributed by atoms with Crippen molar-refractivity contribution in [2.45, 2.75) is 150 Å². The first-order chi connectivity index (χ1) is 17.5. The summed E-state index contributed by atoms with van der Waals surface area (Å²) < 4.78 is 33.0. The van der Waals surface area contributed by atoms with Crippen LogP contribution in [0.25, 0.3) is 0 Å². The molecule has 0 aromatic heterocycles. The number of ether oxygens (including phenoxy) is 2. The van der Waals surface area contributed by atoms with Gasteiger partial charge in [0.1, 0.15) is 5.60 Å². The second-order valence-corrected chi connectivity index (χ2v) is 30.4. The van der Waals surface area contributed by atoms with E-state index in [4.69, 9.17) is 22.8 Å². The van der Waals surface area contributed by atoms with E-state index in [9.17, 15) is 9.59 Å². The Hall–Kier alpha value is -0.789. The van der Waals surface area contributed by atoms with E-state index in [-0.39, 0.29) is 23.3 Å². The van der Waals surface area contributed by atoms with Crippen molar-refractivity contribution in [3.05, 3.63) is 11.1 Å². The number of carbonyl (C=O) groups excluding carboxylic acids is 2. The molecule has 1 aliphatic carbocycles. The highest BCUT2D eigenvalue weighted by Crippen LogP contribution is 2.54. The van der Waals surface area contributed by atoms with E-state index in [1.807, 2.05) is 0 Å². The molecule has 0 fully saturated rings. The van der Waals surface area contributed by atoms with E-state index in [0.717, 1.165) is 11.1 Å². The predicted octanol–water partition coefficient (Wildman–Crippen LogP) is 7.84. The molecule has 0 aliphatic heterocycles. The van der Waals surface area contributed by atoms with Crippen LogP contribution in [0, 0.1) is 5.41 Å². The fourth-order valence-corrected chi connectivity index (χ4v) is 7.96. The van der Waals surface area contributed by atoms with Gasteiger partial charge in [-0.2, -0.15) is 0 Å². The Morgan fingerprint density at radius 1 is 0.700 bits per heavy atom. The molecule has 0 aromatic carbocycles. The highest BCUT2D eigenvalue weighted by molar-refractivity contribution is 6.74. The highest BCUT2D eigenvalue weighted by Gasteiger charge is 2.65. The molecule has 0 spiro atoms. The molecule has 0 bridgehead atoms. The third-order valence-electron chi connectivity index (χ3n) is 8.80. The van der Waals surface area contributed by atoms with Gasteiger partial charge in [0.05, 0.1) is 13.2 Å². The molecule has 0 N–H and O–H groups in total. The molecule has 10 heteroatoms. The molecule has 234 valence electrons. The lowest BCUT2D eigenvalue weighted by Crippen LogP contribution is -2.62. The van der Waals surface area contributed by atoms with Crippen LogP contribution in [0.15, 0.2) is 11.1 Å². The Morgan fingerprint density at radius 3 is 1.43 bits per heavy atom. The first-order valence-electron chi connectivity index (χ1n) is 14.5. The van der Waals surface area contributed by atoms with Gasteiger partial charge in [-0.25, -0.2) is 0 Å².